The maximum atomic E-state index is 4.87. The Morgan fingerprint density at radius 1 is 0.432 bits per heavy atom. The second-order valence-electron chi connectivity index (χ2n) is 10.8. The molecule has 0 fully saturated rings. The van der Waals surface area contributed by atoms with E-state index in [-0.39, 0.29) is 0 Å². The maximum absolute atomic E-state index is 4.87. The Morgan fingerprint density at radius 2 is 1.09 bits per heavy atom. The van der Waals surface area contributed by atoms with Crippen molar-refractivity contribution in [2.45, 2.75) is 0 Å². The van der Waals surface area contributed by atoms with Gasteiger partial charge in [0.15, 0.2) is 0 Å². The summed E-state index contributed by atoms with van der Waals surface area (Å²) in [6.07, 6.45) is 9.26. The van der Waals surface area contributed by atoms with Crippen LogP contribution in [0.25, 0.3) is 77.6 Å². The molecule has 0 atom stereocenters. The molecular weight excluding hydrogens is 540 g/mol. The van der Waals surface area contributed by atoms with Gasteiger partial charge in [0.1, 0.15) is 0 Å². The molecule has 6 nitrogen and oxygen atoms in total. The van der Waals surface area contributed by atoms with Gasteiger partial charge in [0.25, 0.3) is 0 Å². The minimum absolute atomic E-state index is 0.955. The molecule has 6 heterocycles. The fourth-order valence-corrected chi connectivity index (χ4v) is 6.49. The van der Waals surface area contributed by atoms with Gasteiger partial charge in [-0.05, 0) is 90.0 Å². The van der Waals surface area contributed by atoms with Crippen LogP contribution < -0.4 is 0 Å². The van der Waals surface area contributed by atoms with Crippen molar-refractivity contribution in [2.24, 2.45) is 0 Å². The second-order valence-corrected chi connectivity index (χ2v) is 10.8. The molecule has 9 aromatic rings. The maximum Gasteiger partial charge on any atom is 0.0964 e. The molecule has 0 aliphatic carbocycles. The SMILES string of the molecule is c1ccc(-c2ccccc2-c2ccc3c(c2)c2ncccc2n3-c2ccc3c(c2)c2ncccc2n3-c2cccnc2)nc1. The molecule has 0 unspecified atom stereocenters. The Kier molecular flexibility index (Phi) is 5.40. The first kappa shape index (κ1) is 24.5. The van der Waals surface area contributed by atoms with Gasteiger partial charge in [-0.25, -0.2) is 0 Å². The van der Waals surface area contributed by atoms with Crippen molar-refractivity contribution < 1.29 is 0 Å². The van der Waals surface area contributed by atoms with Crippen LogP contribution in [0.3, 0.4) is 0 Å². The summed E-state index contributed by atoms with van der Waals surface area (Å²) in [5, 5.41) is 2.19. The van der Waals surface area contributed by atoms with E-state index >= 15 is 0 Å². The molecular formula is C38H24N6. The van der Waals surface area contributed by atoms with Crippen LogP contribution >= 0.6 is 0 Å². The third kappa shape index (κ3) is 3.68. The lowest BCUT2D eigenvalue weighted by Crippen LogP contribution is -1.96. The summed E-state index contributed by atoms with van der Waals surface area (Å²) in [6, 6.07) is 40.1. The molecule has 6 heteroatoms. The van der Waals surface area contributed by atoms with Crippen LogP contribution in [0.4, 0.5) is 0 Å². The van der Waals surface area contributed by atoms with Crippen LogP contribution in [-0.2, 0) is 0 Å². The van der Waals surface area contributed by atoms with E-state index in [1.165, 1.54) is 0 Å². The van der Waals surface area contributed by atoms with E-state index in [1.54, 1.807) is 6.20 Å². The van der Waals surface area contributed by atoms with Crippen molar-refractivity contribution in [3.63, 3.8) is 0 Å². The van der Waals surface area contributed by atoms with Gasteiger partial charge in [-0.1, -0.05) is 36.4 Å². The Balaban J connectivity index is 1.27. The third-order valence-electron chi connectivity index (χ3n) is 8.36. The first-order chi connectivity index (χ1) is 21.8. The first-order valence-corrected chi connectivity index (χ1v) is 14.6. The zero-order chi connectivity index (χ0) is 29.0. The quantitative estimate of drug-likeness (QED) is 0.214. The summed E-state index contributed by atoms with van der Waals surface area (Å²) in [5.74, 6) is 0. The number of nitrogens with zero attached hydrogens (tertiary/aromatic N) is 6. The van der Waals surface area contributed by atoms with Crippen LogP contribution in [0.5, 0.6) is 0 Å². The van der Waals surface area contributed by atoms with Crippen LogP contribution in [0.15, 0.2) is 146 Å². The van der Waals surface area contributed by atoms with Gasteiger partial charge in [0.2, 0.25) is 0 Å². The van der Waals surface area contributed by atoms with Gasteiger partial charge < -0.3 is 9.13 Å². The number of hydrogen-bond donors (Lipinski definition) is 0. The normalized spacial score (nSPS) is 11.6. The molecule has 0 aliphatic heterocycles. The van der Waals surface area contributed by atoms with Crippen molar-refractivity contribution in [2.75, 3.05) is 0 Å². The number of aromatic nitrogens is 6. The van der Waals surface area contributed by atoms with Gasteiger partial charge in [-0.3, -0.25) is 19.9 Å². The molecule has 206 valence electrons. The molecule has 9 rings (SSSR count). The average molecular weight is 565 g/mol. The van der Waals surface area contributed by atoms with E-state index in [0.717, 1.165) is 77.6 Å². The summed E-state index contributed by atoms with van der Waals surface area (Å²) >= 11 is 0. The largest absolute Gasteiger partial charge is 0.308 e. The van der Waals surface area contributed by atoms with Crippen molar-refractivity contribution in [1.82, 2.24) is 29.1 Å². The Morgan fingerprint density at radius 3 is 1.82 bits per heavy atom. The minimum Gasteiger partial charge on any atom is -0.308 e. The highest BCUT2D eigenvalue weighted by Crippen LogP contribution is 2.38. The zero-order valence-corrected chi connectivity index (χ0v) is 23.5. The lowest BCUT2D eigenvalue weighted by Gasteiger charge is -2.11. The number of rotatable bonds is 4. The van der Waals surface area contributed by atoms with Gasteiger partial charge in [-0.15, -0.1) is 0 Å². The Hall–Kier alpha value is -6.14. The van der Waals surface area contributed by atoms with Crippen LogP contribution in [0, 0.1) is 0 Å². The average Bonchev–Trinajstić information content (AvgIpc) is 3.61. The first-order valence-electron chi connectivity index (χ1n) is 14.6. The smallest absolute Gasteiger partial charge is 0.0964 e. The molecule has 0 radical (unpaired) electrons. The van der Waals surface area contributed by atoms with Crippen LogP contribution in [-0.4, -0.2) is 29.1 Å². The number of fused-ring (bicyclic) bond motifs is 6. The van der Waals surface area contributed by atoms with Gasteiger partial charge in [0, 0.05) is 46.8 Å². The summed E-state index contributed by atoms with van der Waals surface area (Å²) < 4.78 is 4.54. The monoisotopic (exact) mass is 564 g/mol. The molecule has 0 spiro atoms. The summed E-state index contributed by atoms with van der Waals surface area (Å²) in [4.78, 5) is 18.7. The molecule has 44 heavy (non-hydrogen) atoms. The Labute approximate surface area is 252 Å². The predicted molar refractivity (Wildman–Crippen MR) is 177 cm³/mol. The molecule has 0 saturated carbocycles. The molecule has 6 aromatic heterocycles. The predicted octanol–water partition coefficient (Wildman–Crippen LogP) is 8.79. The highest BCUT2D eigenvalue weighted by atomic mass is 15.0. The van der Waals surface area contributed by atoms with E-state index in [4.69, 9.17) is 9.97 Å². The molecule has 0 bridgehead atoms. The van der Waals surface area contributed by atoms with Gasteiger partial charge >= 0.3 is 0 Å². The van der Waals surface area contributed by atoms with Crippen molar-refractivity contribution in [1.29, 1.82) is 0 Å². The topological polar surface area (TPSA) is 61.4 Å². The van der Waals surface area contributed by atoms with Crippen molar-refractivity contribution >= 4 is 43.9 Å². The standard InChI is InChI=1S/C38H24N6/c1-2-10-29(32-11-3-4-19-40-32)28(9-1)25-14-16-33-30(22-25)37-35(12-6-20-41-37)43(33)26-15-17-34-31(23-26)38-36(13-7-21-42-38)44(34)27-8-5-18-39-24-27/h1-24H. The molecule has 0 aliphatic rings. The zero-order valence-electron chi connectivity index (χ0n) is 23.5. The molecule has 0 saturated heterocycles. The van der Waals surface area contributed by atoms with E-state index in [9.17, 15) is 0 Å². The minimum atomic E-state index is 0.955. The number of benzene rings is 3. The van der Waals surface area contributed by atoms with Gasteiger partial charge in [-0.2, -0.15) is 0 Å². The number of pyridine rings is 4. The Bertz CT molecular complexity index is 2490. The fourth-order valence-electron chi connectivity index (χ4n) is 6.49. The molecule has 0 N–H and O–H groups in total. The highest BCUT2D eigenvalue weighted by Gasteiger charge is 2.18. The second kappa shape index (κ2) is 9.71. The highest BCUT2D eigenvalue weighted by molar-refractivity contribution is 6.11. The van der Waals surface area contributed by atoms with Crippen LogP contribution in [0.2, 0.25) is 0 Å². The van der Waals surface area contributed by atoms with Crippen molar-refractivity contribution in [3.05, 3.63) is 146 Å². The summed E-state index contributed by atoms with van der Waals surface area (Å²) in [5.41, 5.74) is 12.6. The molecule has 3 aromatic carbocycles. The lowest BCUT2D eigenvalue weighted by atomic mass is 9.96. The lowest BCUT2D eigenvalue weighted by molar-refractivity contribution is 1.13. The fraction of sp³-hybridized carbons (Fsp3) is 0. The van der Waals surface area contributed by atoms with E-state index < -0.39 is 0 Å². The van der Waals surface area contributed by atoms with Crippen molar-refractivity contribution in [3.8, 4) is 33.8 Å². The number of hydrogen-bond acceptors (Lipinski definition) is 4. The molecule has 0 amide bonds. The summed E-state index contributed by atoms with van der Waals surface area (Å²) in [7, 11) is 0. The van der Waals surface area contributed by atoms with E-state index in [0.29, 0.717) is 0 Å². The van der Waals surface area contributed by atoms with Gasteiger partial charge in [0.05, 0.1) is 50.7 Å². The van der Waals surface area contributed by atoms with E-state index in [2.05, 4.69) is 104 Å². The van der Waals surface area contributed by atoms with E-state index in [1.807, 2.05) is 55.1 Å². The third-order valence-corrected chi connectivity index (χ3v) is 8.36. The van der Waals surface area contributed by atoms with Crippen LogP contribution in [0.1, 0.15) is 0 Å². The summed E-state index contributed by atoms with van der Waals surface area (Å²) in [6.45, 7) is 0.